The summed E-state index contributed by atoms with van der Waals surface area (Å²) in [5.74, 6) is 0.686. The van der Waals surface area contributed by atoms with Gasteiger partial charge in [-0.05, 0) is 19.9 Å². The van der Waals surface area contributed by atoms with E-state index in [2.05, 4.69) is 21.8 Å². The molecule has 0 bridgehead atoms. The Kier molecular flexibility index (Phi) is 4.54. The molecule has 0 atom stereocenters. The van der Waals surface area contributed by atoms with Gasteiger partial charge < -0.3 is 15.0 Å². The fourth-order valence-corrected chi connectivity index (χ4v) is 4.16. The van der Waals surface area contributed by atoms with E-state index in [9.17, 15) is 9.90 Å². The number of fused-ring (bicyclic) bond motifs is 1. The lowest BCUT2D eigenvalue weighted by atomic mass is 9.98. The van der Waals surface area contributed by atoms with Crippen LogP contribution in [0.25, 0.3) is 11.4 Å². The van der Waals surface area contributed by atoms with Gasteiger partial charge in [0.05, 0.1) is 17.8 Å². The lowest BCUT2D eigenvalue weighted by Crippen LogP contribution is -2.49. The minimum atomic E-state index is -0.485. The number of nitrogens with one attached hydrogen (secondary N) is 1. The van der Waals surface area contributed by atoms with Crippen LogP contribution in [-0.2, 0) is 13.1 Å². The van der Waals surface area contributed by atoms with E-state index in [1.165, 1.54) is 0 Å². The summed E-state index contributed by atoms with van der Waals surface area (Å²) in [6.07, 6.45) is 3.74. The average Bonchev–Trinajstić information content (AvgIpc) is 3.27. The van der Waals surface area contributed by atoms with Crippen LogP contribution >= 0.6 is 0 Å². The summed E-state index contributed by atoms with van der Waals surface area (Å²) in [6, 6.07) is 10.0. The molecular weight excluding hydrogens is 328 g/mol. The zero-order chi connectivity index (χ0) is 18.1. The van der Waals surface area contributed by atoms with Gasteiger partial charge >= 0.3 is 0 Å². The average molecular weight is 354 g/mol. The van der Waals surface area contributed by atoms with Gasteiger partial charge in [-0.3, -0.25) is 9.69 Å². The molecule has 0 unspecified atom stereocenters. The van der Waals surface area contributed by atoms with E-state index in [4.69, 9.17) is 4.98 Å². The number of likely N-dealkylation sites (N-methyl/N-ethyl adjacent to an activating group) is 1. The van der Waals surface area contributed by atoms with Crippen LogP contribution in [0.1, 0.15) is 41.9 Å². The molecule has 1 aromatic carbocycles. The van der Waals surface area contributed by atoms with Crippen molar-refractivity contribution < 1.29 is 9.90 Å². The number of nitrogens with zero attached hydrogens (tertiary/aromatic N) is 3. The van der Waals surface area contributed by atoms with Gasteiger partial charge in [-0.15, -0.1) is 0 Å². The van der Waals surface area contributed by atoms with Gasteiger partial charge in [-0.25, -0.2) is 4.98 Å². The van der Waals surface area contributed by atoms with Crippen LogP contribution in [0.2, 0.25) is 0 Å². The van der Waals surface area contributed by atoms with Crippen LogP contribution in [0.3, 0.4) is 0 Å². The highest BCUT2D eigenvalue weighted by Crippen LogP contribution is 2.31. The molecule has 2 N–H and O–H groups in total. The zero-order valence-corrected chi connectivity index (χ0v) is 15.2. The Morgan fingerprint density at radius 2 is 1.96 bits per heavy atom. The van der Waals surface area contributed by atoms with Gasteiger partial charge in [0.25, 0.3) is 5.91 Å². The number of imidazole rings is 1. The molecule has 1 aromatic heterocycles. The maximum Gasteiger partial charge on any atom is 0.272 e. The normalized spacial score (nSPS) is 19.3. The van der Waals surface area contributed by atoms with Crippen molar-refractivity contribution in [3.63, 3.8) is 0 Å². The first-order valence-corrected chi connectivity index (χ1v) is 9.39. The molecule has 26 heavy (non-hydrogen) atoms. The minimum Gasteiger partial charge on any atom is -0.394 e. The van der Waals surface area contributed by atoms with Crippen LogP contribution in [0, 0.1) is 0 Å². The lowest BCUT2D eigenvalue weighted by Gasteiger charge is -2.29. The van der Waals surface area contributed by atoms with Gasteiger partial charge in [0.1, 0.15) is 5.82 Å². The molecule has 1 aliphatic carbocycles. The molecule has 1 amide bonds. The summed E-state index contributed by atoms with van der Waals surface area (Å²) in [4.78, 5) is 20.0. The first kappa shape index (κ1) is 17.2. The van der Waals surface area contributed by atoms with Crippen LogP contribution in [0.15, 0.2) is 30.3 Å². The molecule has 6 nitrogen and oxygen atoms in total. The van der Waals surface area contributed by atoms with Crippen molar-refractivity contribution in [1.29, 1.82) is 0 Å². The van der Waals surface area contributed by atoms with Gasteiger partial charge in [0.15, 0.2) is 5.69 Å². The Hall–Kier alpha value is -2.18. The van der Waals surface area contributed by atoms with E-state index in [0.717, 1.165) is 55.9 Å². The molecule has 0 spiro atoms. The van der Waals surface area contributed by atoms with Crippen LogP contribution < -0.4 is 5.32 Å². The van der Waals surface area contributed by atoms with Crippen molar-refractivity contribution in [3.05, 3.63) is 41.7 Å². The Balaban J connectivity index is 1.71. The van der Waals surface area contributed by atoms with Crippen molar-refractivity contribution in [2.45, 2.75) is 44.3 Å². The quantitative estimate of drug-likeness (QED) is 0.881. The molecule has 1 fully saturated rings. The summed E-state index contributed by atoms with van der Waals surface area (Å²) in [6.45, 7) is 2.45. The second kappa shape index (κ2) is 6.85. The number of carbonyl (C=O) groups is 1. The number of aliphatic hydroxyl groups excluding tert-OH is 1. The molecule has 2 aliphatic rings. The molecular formula is C20H26N4O2. The minimum absolute atomic E-state index is 0.0137. The summed E-state index contributed by atoms with van der Waals surface area (Å²) in [5.41, 5.74) is 1.99. The molecule has 2 aromatic rings. The number of hydrogen-bond donors (Lipinski definition) is 2. The standard InChI is InChI=1S/C20H26N4O2/c1-23-11-12-24-16(13-23)17(21-18(24)15-7-3-2-4-8-15)19(26)22-20(14-25)9-5-6-10-20/h2-4,7-8,25H,5-6,9-14H2,1H3,(H,22,26). The number of hydrogen-bond acceptors (Lipinski definition) is 4. The second-order valence-corrected chi connectivity index (χ2v) is 7.59. The maximum atomic E-state index is 13.1. The first-order valence-electron chi connectivity index (χ1n) is 9.39. The van der Waals surface area contributed by atoms with E-state index in [1.807, 2.05) is 30.3 Å². The third kappa shape index (κ3) is 3.04. The Labute approximate surface area is 153 Å². The van der Waals surface area contributed by atoms with Gasteiger partial charge in [-0.1, -0.05) is 43.2 Å². The van der Waals surface area contributed by atoms with Gasteiger partial charge in [-0.2, -0.15) is 0 Å². The summed E-state index contributed by atoms with van der Waals surface area (Å²) >= 11 is 0. The molecule has 0 saturated heterocycles. The van der Waals surface area contributed by atoms with Crippen molar-refractivity contribution in [2.75, 3.05) is 20.2 Å². The molecule has 2 heterocycles. The zero-order valence-electron chi connectivity index (χ0n) is 15.2. The molecule has 0 radical (unpaired) electrons. The van der Waals surface area contributed by atoms with E-state index in [-0.39, 0.29) is 12.5 Å². The van der Waals surface area contributed by atoms with Crippen LogP contribution in [-0.4, -0.2) is 51.2 Å². The number of rotatable bonds is 4. The Bertz CT molecular complexity index is 794. The predicted molar refractivity (Wildman–Crippen MR) is 99.7 cm³/mol. The topological polar surface area (TPSA) is 70.4 Å². The number of amides is 1. The second-order valence-electron chi connectivity index (χ2n) is 7.59. The predicted octanol–water partition coefficient (Wildman–Crippen LogP) is 2.03. The summed E-state index contributed by atoms with van der Waals surface area (Å²) < 4.78 is 2.17. The third-order valence-electron chi connectivity index (χ3n) is 5.69. The van der Waals surface area contributed by atoms with Crippen molar-refractivity contribution in [3.8, 4) is 11.4 Å². The van der Waals surface area contributed by atoms with Crippen molar-refractivity contribution in [1.82, 2.24) is 19.8 Å². The maximum absolute atomic E-state index is 13.1. The van der Waals surface area contributed by atoms with E-state index in [0.29, 0.717) is 12.2 Å². The van der Waals surface area contributed by atoms with Crippen LogP contribution in [0.5, 0.6) is 0 Å². The monoisotopic (exact) mass is 354 g/mol. The lowest BCUT2D eigenvalue weighted by molar-refractivity contribution is 0.0831. The highest BCUT2D eigenvalue weighted by Gasteiger charge is 2.37. The smallest absolute Gasteiger partial charge is 0.272 e. The number of carbonyl (C=O) groups excluding carboxylic acids is 1. The van der Waals surface area contributed by atoms with E-state index >= 15 is 0 Å². The number of benzene rings is 1. The van der Waals surface area contributed by atoms with E-state index in [1.54, 1.807) is 0 Å². The van der Waals surface area contributed by atoms with Crippen molar-refractivity contribution >= 4 is 5.91 Å². The molecule has 1 saturated carbocycles. The Morgan fingerprint density at radius 1 is 1.23 bits per heavy atom. The van der Waals surface area contributed by atoms with Gasteiger partial charge in [0.2, 0.25) is 0 Å². The van der Waals surface area contributed by atoms with Gasteiger partial charge in [0, 0.05) is 25.2 Å². The van der Waals surface area contributed by atoms with E-state index < -0.39 is 5.54 Å². The fraction of sp³-hybridized carbons (Fsp3) is 0.500. The Morgan fingerprint density at radius 3 is 2.65 bits per heavy atom. The highest BCUT2D eigenvalue weighted by molar-refractivity contribution is 5.95. The molecule has 6 heteroatoms. The number of aromatic nitrogens is 2. The first-order chi connectivity index (χ1) is 12.6. The largest absolute Gasteiger partial charge is 0.394 e. The summed E-state index contributed by atoms with van der Waals surface area (Å²) in [5, 5.41) is 12.9. The summed E-state index contributed by atoms with van der Waals surface area (Å²) in [7, 11) is 2.06. The SMILES string of the molecule is CN1CCn2c(-c3ccccc3)nc(C(=O)NC3(CO)CCCC3)c2C1. The molecule has 138 valence electrons. The van der Waals surface area contributed by atoms with Crippen LogP contribution in [0.4, 0.5) is 0 Å². The molecule has 1 aliphatic heterocycles. The highest BCUT2D eigenvalue weighted by atomic mass is 16.3. The fourth-order valence-electron chi connectivity index (χ4n) is 4.16. The van der Waals surface area contributed by atoms with Crippen molar-refractivity contribution in [2.24, 2.45) is 0 Å². The third-order valence-corrected chi connectivity index (χ3v) is 5.69. The number of aliphatic hydroxyl groups is 1. The molecule has 4 rings (SSSR count).